The highest BCUT2D eigenvalue weighted by atomic mass is 15.1. The summed E-state index contributed by atoms with van der Waals surface area (Å²) in [5.74, 6) is 0. The molecule has 0 heterocycles. The lowest BCUT2D eigenvalue weighted by atomic mass is 10.2. The van der Waals surface area contributed by atoms with Gasteiger partial charge in [0.15, 0.2) is 0 Å². The standard InChI is InChI=1S/C15H26N4/c1-2-19(14-15-6-4-3-5-7-15)13-12-18-11-10-17-9-8-16/h2-7,17-18H,1,8-14,16H2. The highest BCUT2D eigenvalue weighted by Crippen LogP contribution is 2.03. The molecule has 1 aromatic rings. The molecule has 4 nitrogen and oxygen atoms in total. The molecule has 0 radical (unpaired) electrons. The summed E-state index contributed by atoms with van der Waals surface area (Å²) in [7, 11) is 0. The smallest absolute Gasteiger partial charge is 0.0424 e. The molecular formula is C15H26N4. The van der Waals surface area contributed by atoms with Crippen LogP contribution < -0.4 is 16.4 Å². The number of nitrogens with zero attached hydrogens (tertiary/aromatic N) is 1. The Bertz CT molecular complexity index is 326. The van der Waals surface area contributed by atoms with Crippen molar-refractivity contribution in [2.75, 3.05) is 39.3 Å². The molecule has 19 heavy (non-hydrogen) atoms. The van der Waals surface area contributed by atoms with Crippen LogP contribution >= 0.6 is 0 Å². The number of nitrogens with two attached hydrogens (primary N) is 1. The van der Waals surface area contributed by atoms with Crippen molar-refractivity contribution < 1.29 is 0 Å². The van der Waals surface area contributed by atoms with Gasteiger partial charge < -0.3 is 21.3 Å². The van der Waals surface area contributed by atoms with Gasteiger partial charge in [-0.05, 0) is 11.8 Å². The third-order valence-corrected chi connectivity index (χ3v) is 2.86. The predicted octanol–water partition coefficient (Wildman–Crippen LogP) is 0.770. The van der Waals surface area contributed by atoms with Crippen LogP contribution in [0.25, 0.3) is 0 Å². The summed E-state index contributed by atoms with van der Waals surface area (Å²) in [6.07, 6.45) is 1.90. The van der Waals surface area contributed by atoms with Crippen LogP contribution in [0.2, 0.25) is 0 Å². The fourth-order valence-electron chi connectivity index (χ4n) is 1.80. The van der Waals surface area contributed by atoms with Crippen molar-refractivity contribution in [3.05, 3.63) is 48.7 Å². The molecule has 0 unspecified atom stereocenters. The van der Waals surface area contributed by atoms with Gasteiger partial charge in [0, 0.05) is 45.8 Å². The van der Waals surface area contributed by atoms with E-state index in [1.165, 1.54) is 5.56 Å². The molecule has 0 spiro atoms. The van der Waals surface area contributed by atoms with E-state index >= 15 is 0 Å². The molecule has 0 saturated heterocycles. The third-order valence-electron chi connectivity index (χ3n) is 2.86. The maximum Gasteiger partial charge on any atom is 0.0424 e. The molecule has 1 rings (SSSR count). The van der Waals surface area contributed by atoms with E-state index in [4.69, 9.17) is 5.73 Å². The second-order valence-electron chi connectivity index (χ2n) is 4.43. The molecule has 0 bridgehead atoms. The van der Waals surface area contributed by atoms with Crippen LogP contribution in [0.4, 0.5) is 0 Å². The normalized spacial score (nSPS) is 10.4. The van der Waals surface area contributed by atoms with Crippen LogP contribution in [-0.4, -0.2) is 44.2 Å². The van der Waals surface area contributed by atoms with Crippen LogP contribution in [0.15, 0.2) is 43.1 Å². The van der Waals surface area contributed by atoms with Crippen molar-refractivity contribution in [2.24, 2.45) is 5.73 Å². The Morgan fingerprint density at radius 1 is 1.05 bits per heavy atom. The molecule has 0 aliphatic rings. The summed E-state index contributed by atoms with van der Waals surface area (Å²) < 4.78 is 0. The summed E-state index contributed by atoms with van der Waals surface area (Å²) in [6, 6.07) is 10.5. The quantitative estimate of drug-likeness (QED) is 0.516. The van der Waals surface area contributed by atoms with Gasteiger partial charge in [0.2, 0.25) is 0 Å². The summed E-state index contributed by atoms with van der Waals surface area (Å²) in [5, 5.41) is 6.66. The fourth-order valence-corrected chi connectivity index (χ4v) is 1.80. The van der Waals surface area contributed by atoms with Crippen molar-refractivity contribution in [3.8, 4) is 0 Å². The van der Waals surface area contributed by atoms with Gasteiger partial charge in [-0.3, -0.25) is 0 Å². The molecule has 0 aliphatic heterocycles. The lowest BCUT2D eigenvalue weighted by molar-refractivity contribution is 0.365. The first kappa shape index (κ1) is 15.7. The van der Waals surface area contributed by atoms with Gasteiger partial charge in [-0.1, -0.05) is 36.9 Å². The minimum absolute atomic E-state index is 0.696. The Hall–Kier alpha value is -1.36. The summed E-state index contributed by atoms with van der Waals surface area (Å²) in [6.45, 7) is 10.2. The first-order valence-corrected chi connectivity index (χ1v) is 6.89. The molecule has 0 aromatic heterocycles. The van der Waals surface area contributed by atoms with Gasteiger partial charge in [-0.15, -0.1) is 0 Å². The summed E-state index contributed by atoms with van der Waals surface area (Å²) >= 11 is 0. The number of nitrogens with one attached hydrogen (secondary N) is 2. The Morgan fingerprint density at radius 2 is 1.74 bits per heavy atom. The van der Waals surface area contributed by atoms with E-state index in [0.29, 0.717) is 6.54 Å². The molecule has 1 aromatic carbocycles. The van der Waals surface area contributed by atoms with Crippen LogP contribution in [0.3, 0.4) is 0 Å². The van der Waals surface area contributed by atoms with E-state index < -0.39 is 0 Å². The van der Waals surface area contributed by atoms with Gasteiger partial charge in [0.25, 0.3) is 0 Å². The van der Waals surface area contributed by atoms with Crippen molar-refractivity contribution >= 4 is 0 Å². The first-order valence-electron chi connectivity index (χ1n) is 6.89. The van der Waals surface area contributed by atoms with Crippen LogP contribution in [0.1, 0.15) is 5.56 Å². The molecule has 0 fully saturated rings. The molecule has 0 atom stereocenters. The van der Waals surface area contributed by atoms with Crippen LogP contribution in [0, 0.1) is 0 Å². The predicted molar refractivity (Wildman–Crippen MR) is 81.8 cm³/mol. The van der Waals surface area contributed by atoms with Crippen molar-refractivity contribution in [2.45, 2.75) is 6.54 Å². The molecule has 4 heteroatoms. The zero-order valence-corrected chi connectivity index (χ0v) is 11.6. The zero-order chi connectivity index (χ0) is 13.8. The van der Waals surface area contributed by atoms with E-state index in [0.717, 1.165) is 39.3 Å². The SMILES string of the molecule is C=CN(CCNCCNCCN)Cc1ccccc1. The van der Waals surface area contributed by atoms with Crippen LogP contribution in [0.5, 0.6) is 0 Å². The maximum absolute atomic E-state index is 5.40. The summed E-state index contributed by atoms with van der Waals surface area (Å²) in [5.41, 5.74) is 6.71. The summed E-state index contributed by atoms with van der Waals surface area (Å²) in [4.78, 5) is 2.22. The second-order valence-corrected chi connectivity index (χ2v) is 4.43. The monoisotopic (exact) mass is 262 g/mol. The first-order chi connectivity index (χ1) is 9.36. The van der Waals surface area contributed by atoms with Gasteiger partial charge in [-0.25, -0.2) is 0 Å². The minimum atomic E-state index is 0.696. The van der Waals surface area contributed by atoms with E-state index in [-0.39, 0.29) is 0 Å². The third kappa shape index (κ3) is 7.62. The number of hydrogen-bond acceptors (Lipinski definition) is 4. The van der Waals surface area contributed by atoms with E-state index in [1.54, 1.807) is 0 Å². The average Bonchev–Trinajstić information content (AvgIpc) is 2.46. The minimum Gasteiger partial charge on any atom is -0.372 e. The van der Waals surface area contributed by atoms with Gasteiger partial charge in [0.1, 0.15) is 0 Å². The topological polar surface area (TPSA) is 53.3 Å². The van der Waals surface area contributed by atoms with E-state index in [2.05, 4.69) is 46.4 Å². The molecule has 4 N–H and O–H groups in total. The molecule has 0 amide bonds. The van der Waals surface area contributed by atoms with Gasteiger partial charge >= 0.3 is 0 Å². The molecule has 0 saturated carbocycles. The van der Waals surface area contributed by atoms with Crippen molar-refractivity contribution in [1.82, 2.24) is 15.5 Å². The van der Waals surface area contributed by atoms with E-state index in [1.807, 2.05) is 12.3 Å². The van der Waals surface area contributed by atoms with Crippen LogP contribution in [-0.2, 0) is 6.54 Å². The van der Waals surface area contributed by atoms with Gasteiger partial charge in [-0.2, -0.15) is 0 Å². The Balaban J connectivity index is 2.10. The number of hydrogen-bond donors (Lipinski definition) is 3. The average molecular weight is 262 g/mol. The highest BCUT2D eigenvalue weighted by molar-refractivity contribution is 5.14. The molecule has 106 valence electrons. The lowest BCUT2D eigenvalue weighted by Crippen LogP contribution is -2.34. The Morgan fingerprint density at radius 3 is 2.37 bits per heavy atom. The number of rotatable bonds is 11. The number of benzene rings is 1. The second kappa shape index (κ2) is 10.6. The lowest BCUT2D eigenvalue weighted by Gasteiger charge is -2.20. The van der Waals surface area contributed by atoms with Crippen molar-refractivity contribution in [1.29, 1.82) is 0 Å². The fraction of sp³-hybridized carbons (Fsp3) is 0.467. The largest absolute Gasteiger partial charge is 0.372 e. The highest BCUT2D eigenvalue weighted by Gasteiger charge is 1.99. The molecule has 0 aliphatic carbocycles. The van der Waals surface area contributed by atoms with Crippen molar-refractivity contribution in [3.63, 3.8) is 0 Å². The van der Waals surface area contributed by atoms with E-state index in [9.17, 15) is 0 Å². The Kier molecular flexibility index (Phi) is 8.72. The maximum atomic E-state index is 5.40. The Labute approximate surface area is 116 Å². The van der Waals surface area contributed by atoms with Gasteiger partial charge in [0.05, 0.1) is 0 Å². The molecular weight excluding hydrogens is 236 g/mol. The zero-order valence-electron chi connectivity index (χ0n) is 11.6.